The van der Waals surface area contributed by atoms with Crippen LogP contribution in [0.25, 0.3) is 0 Å². The van der Waals surface area contributed by atoms with Crippen LogP contribution in [0.3, 0.4) is 0 Å². The van der Waals surface area contributed by atoms with Gasteiger partial charge in [0.15, 0.2) is 5.13 Å². The molecular formula is C10H16N4O3S. The van der Waals surface area contributed by atoms with Crippen LogP contribution in [0.4, 0.5) is 5.13 Å². The number of thiazole rings is 1. The summed E-state index contributed by atoms with van der Waals surface area (Å²) in [5, 5.41) is 7.24. The second-order valence-electron chi connectivity index (χ2n) is 3.47. The SMILES string of the molecule is COCCNC(=O)CNC(=O)Cc1csc(N)n1. The molecular weight excluding hydrogens is 256 g/mol. The Kier molecular flexibility index (Phi) is 6.09. The zero-order valence-corrected chi connectivity index (χ0v) is 10.9. The van der Waals surface area contributed by atoms with Gasteiger partial charge in [-0.3, -0.25) is 9.59 Å². The van der Waals surface area contributed by atoms with E-state index in [2.05, 4.69) is 15.6 Å². The molecule has 1 aromatic heterocycles. The van der Waals surface area contributed by atoms with E-state index in [0.29, 0.717) is 24.0 Å². The normalized spacial score (nSPS) is 10.1. The van der Waals surface area contributed by atoms with E-state index >= 15 is 0 Å². The van der Waals surface area contributed by atoms with Crippen molar-refractivity contribution in [3.8, 4) is 0 Å². The molecule has 8 heteroatoms. The molecule has 1 rings (SSSR count). The van der Waals surface area contributed by atoms with Gasteiger partial charge in [-0.2, -0.15) is 0 Å². The van der Waals surface area contributed by atoms with Gasteiger partial charge in [-0.05, 0) is 0 Å². The molecule has 2 amide bonds. The largest absolute Gasteiger partial charge is 0.383 e. The molecule has 0 aliphatic carbocycles. The third-order valence-electron chi connectivity index (χ3n) is 1.99. The van der Waals surface area contributed by atoms with Gasteiger partial charge in [0.1, 0.15) is 0 Å². The maximum Gasteiger partial charge on any atom is 0.239 e. The molecule has 7 nitrogen and oxygen atoms in total. The average Bonchev–Trinajstić information content (AvgIpc) is 2.72. The molecule has 1 aromatic rings. The number of nitrogen functional groups attached to an aromatic ring is 1. The van der Waals surface area contributed by atoms with E-state index in [4.69, 9.17) is 10.5 Å². The Morgan fingerprint density at radius 1 is 1.44 bits per heavy atom. The molecule has 0 spiro atoms. The molecule has 0 atom stereocenters. The van der Waals surface area contributed by atoms with E-state index in [1.165, 1.54) is 11.3 Å². The van der Waals surface area contributed by atoms with Crippen LogP contribution in [-0.2, 0) is 20.7 Å². The summed E-state index contributed by atoms with van der Waals surface area (Å²) in [6.45, 7) is 0.813. The van der Waals surface area contributed by atoms with Crippen molar-refractivity contribution in [2.45, 2.75) is 6.42 Å². The van der Waals surface area contributed by atoms with Crippen LogP contribution < -0.4 is 16.4 Å². The number of aromatic nitrogens is 1. The van der Waals surface area contributed by atoms with E-state index < -0.39 is 0 Å². The van der Waals surface area contributed by atoms with Crippen molar-refractivity contribution in [3.63, 3.8) is 0 Å². The van der Waals surface area contributed by atoms with Crippen LogP contribution in [0.1, 0.15) is 5.69 Å². The number of nitrogens with one attached hydrogen (secondary N) is 2. The Bertz CT molecular complexity index is 408. The fraction of sp³-hybridized carbons (Fsp3) is 0.500. The monoisotopic (exact) mass is 272 g/mol. The number of ether oxygens (including phenoxy) is 1. The number of hydrogen-bond acceptors (Lipinski definition) is 6. The van der Waals surface area contributed by atoms with Crippen molar-refractivity contribution in [3.05, 3.63) is 11.1 Å². The summed E-state index contributed by atoms with van der Waals surface area (Å²) in [5.41, 5.74) is 6.05. The fourth-order valence-corrected chi connectivity index (χ4v) is 1.73. The molecule has 100 valence electrons. The lowest BCUT2D eigenvalue weighted by atomic mass is 10.3. The summed E-state index contributed by atoms with van der Waals surface area (Å²) in [5.74, 6) is -0.514. The minimum Gasteiger partial charge on any atom is -0.383 e. The number of rotatable bonds is 7. The minimum atomic E-state index is -0.262. The molecule has 4 N–H and O–H groups in total. The number of nitrogens with zero attached hydrogens (tertiary/aromatic N) is 1. The Labute approximate surface area is 109 Å². The molecule has 0 saturated carbocycles. The second kappa shape index (κ2) is 7.62. The molecule has 1 heterocycles. The van der Waals surface area contributed by atoms with Crippen molar-refractivity contribution in [1.82, 2.24) is 15.6 Å². The number of hydrogen-bond donors (Lipinski definition) is 3. The fourth-order valence-electron chi connectivity index (χ4n) is 1.16. The van der Waals surface area contributed by atoms with Gasteiger partial charge in [0.25, 0.3) is 0 Å². The topological polar surface area (TPSA) is 106 Å². The third kappa shape index (κ3) is 5.60. The zero-order valence-electron chi connectivity index (χ0n) is 10.1. The molecule has 0 radical (unpaired) electrons. The first-order valence-corrected chi connectivity index (χ1v) is 6.22. The lowest BCUT2D eigenvalue weighted by Gasteiger charge is -2.05. The maximum absolute atomic E-state index is 11.5. The number of carbonyl (C=O) groups is 2. The molecule has 0 aromatic carbocycles. The standard InChI is InChI=1S/C10H16N4O3S/c1-17-3-2-12-9(16)5-13-8(15)4-7-6-18-10(11)14-7/h6H,2-5H2,1H3,(H2,11,14)(H,12,16)(H,13,15). The summed E-state index contributed by atoms with van der Waals surface area (Å²) in [7, 11) is 1.55. The van der Waals surface area contributed by atoms with Crippen LogP contribution in [0.15, 0.2) is 5.38 Å². The molecule has 0 aliphatic heterocycles. The summed E-state index contributed by atoms with van der Waals surface area (Å²) >= 11 is 1.28. The maximum atomic E-state index is 11.5. The number of carbonyl (C=O) groups excluding carboxylic acids is 2. The molecule has 18 heavy (non-hydrogen) atoms. The van der Waals surface area contributed by atoms with Gasteiger partial charge in [-0.1, -0.05) is 0 Å². The van der Waals surface area contributed by atoms with Crippen LogP contribution >= 0.6 is 11.3 Å². The van der Waals surface area contributed by atoms with Gasteiger partial charge in [0, 0.05) is 19.0 Å². The lowest BCUT2D eigenvalue weighted by molar-refractivity contribution is -0.125. The first kappa shape index (κ1) is 14.4. The quantitative estimate of drug-likeness (QED) is 0.560. The molecule has 0 fully saturated rings. The average molecular weight is 272 g/mol. The number of methoxy groups -OCH3 is 1. The highest BCUT2D eigenvalue weighted by Gasteiger charge is 2.08. The van der Waals surface area contributed by atoms with Gasteiger partial charge < -0.3 is 21.1 Å². The first-order chi connectivity index (χ1) is 8.61. The molecule has 0 aliphatic rings. The zero-order chi connectivity index (χ0) is 13.4. The third-order valence-corrected chi connectivity index (χ3v) is 2.71. The predicted molar refractivity (Wildman–Crippen MR) is 68.1 cm³/mol. The van der Waals surface area contributed by atoms with Gasteiger partial charge in [0.2, 0.25) is 11.8 Å². The summed E-state index contributed by atoms with van der Waals surface area (Å²) < 4.78 is 4.78. The Morgan fingerprint density at radius 2 is 2.22 bits per heavy atom. The van der Waals surface area contributed by atoms with E-state index in [-0.39, 0.29) is 24.8 Å². The lowest BCUT2D eigenvalue weighted by Crippen LogP contribution is -2.38. The van der Waals surface area contributed by atoms with Crippen molar-refractivity contribution < 1.29 is 14.3 Å². The van der Waals surface area contributed by atoms with E-state index in [1.807, 2.05) is 0 Å². The van der Waals surface area contributed by atoms with Crippen LogP contribution in [0, 0.1) is 0 Å². The van der Waals surface area contributed by atoms with E-state index in [9.17, 15) is 9.59 Å². The van der Waals surface area contributed by atoms with Gasteiger partial charge in [-0.25, -0.2) is 4.98 Å². The molecule has 0 bridgehead atoms. The Morgan fingerprint density at radius 3 is 2.83 bits per heavy atom. The minimum absolute atomic E-state index is 0.0534. The number of nitrogens with two attached hydrogens (primary N) is 1. The highest BCUT2D eigenvalue weighted by molar-refractivity contribution is 7.13. The van der Waals surface area contributed by atoms with Crippen LogP contribution in [-0.4, -0.2) is 43.6 Å². The van der Waals surface area contributed by atoms with Gasteiger partial charge >= 0.3 is 0 Å². The highest BCUT2D eigenvalue weighted by Crippen LogP contribution is 2.10. The molecule has 0 unspecified atom stereocenters. The first-order valence-electron chi connectivity index (χ1n) is 5.34. The Hall–Kier alpha value is -1.67. The van der Waals surface area contributed by atoms with Gasteiger partial charge in [0.05, 0.1) is 25.3 Å². The van der Waals surface area contributed by atoms with Gasteiger partial charge in [-0.15, -0.1) is 11.3 Å². The van der Waals surface area contributed by atoms with Crippen molar-refractivity contribution >= 4 is 28.3 Å². The Balaban J connectivity index is 2.18. The summed E-state index contributed by atoms with van der Waals surface area (Å²) in [4.78, 5) is 26.7. The highest BCUT2D eigenvalue weighted by atomic mass is 32.1. The van der Waals surface area contributed by atoms with Crippen LogP contribution in [0.5, 0.6) is 0 Å². The molecule has 0 saturated heterocycles. The van der Waals surface area contributed by atoms with E-state index in [0.717, 1.165) is 0 Å². The van der Waals surface area contributed by atoms with Crippen molar-refractivity contribution in [1.29, 1.82) is 0 Å². The van der Waals surface area contributed by atoms with Crippen molar-refractivity contribution in [2.24, 2.45) is 0 Å². The smallest absolute Gasteiger partial charge is 0.239 e. The number of anilines is 1. The van der Waals surface area contributed by atoms with Crippen molar-refractivity contribution in [2.75, 3.05) is 32.5 Å². The van der Waals surface area contributed by atoms with Crippen LogP contribution in [0.2, 0.25) is 0 Å². The second-order valence-corrected chi connectivity index (χ2v) is 4.36. The number of amides is 2. The summed E-state index contributed by atoms with van der Waals surface area (Å²) in [6, 6.07) is 0. The summed E-state index contributed by atoms with van der Waals surface area (Å²) in [6.07, 6.45) is 0.124. The van der Waals surface area contributed by atoms with E-state index in [1.54, 1.807) is 12.5 Å². The predicted octanol–water partition coefficient (Wildman–Crippen LogP) is -0.853.